The first kappa shape index (κ1) is 23.9. The molecule has 1 amide bonds. The topological polar surface area (TPSA) is 130 Å². The van der Waals surface area contributed by atoms with E-state index in [-0.39, 0.29) is 46.2 Å². The van der Waals surface area contributed by atoms with Gasteiger partial charge in [0, 0.05) is 55.5 Å². The van der Waals surface area contributed by atoms with Gasteiger partial charge in [-0.15, -0.1) is 0 Å². The second-order valence-corrected chi connectivity index (χ2v) is 10.9. The van der Waals surface area contributed by atoms with Crippen LogP contribution in [0.15, 0.2) is 65.5 Å². The van der Waals surface area contributed by atoms with E-state index < -0.39 is 0 Å². The SMILES string of the molecule is O=C(NCCc1nc2ccccc2[nH]1)C1Cc2cc(N([O-])O)ccc2N2CC3CC(Cn4c3cccc4=O)C12. The molecule has 200 valence electrons. The number of carbonyl (C=O) groups excluding carboxylic acids is 1. The van der Waals surface area contributed by atoms with Gasteiger partial charge < -0.3 is 30.2 Å². The summed E-state index contributed by atoms with van der Waals surface area (Å²) in [5.41, 5.74) is 4.89. The summed E-state index contributed by atoms with van der Waals surface area (Å²) in [7, 11) is 0. The summed E-state index contributed by atoms with van der Waals surface area (Å²) in [5.74, 6) is 0.701. The number of imidazole rings is 1. The highest BCUT2D eigenvalue weighted by molar-refractivity contribution is 5.82. The van der Waals surface area contributed by atoms with Gasteiger partial charge in [0.1, 0.15) is 5.82 Å². The molecular formula is C29H29N6O4-. The highest BCUT2D eigenvalue weighted by Gasteiger charge is 2.49. The summed E-state index contributed by atoms with van der Waals surface area (Å²) in [6, 6.07) is 18.4. The number of para-hydroxylation sites is 2. The number of benzene rings is 2. The third kappa shape index (κ3) is 4.07. The van der Waals surface area contributed by atoms with Crippen molar-refractivity contribution < 1.29 is 10.0 Å². The van der Waals surface area contributed by atoms with Crippen LogP contribution < -0.4 is 21.0 Å². The number of hydrogen-bond donors (Lipinski definition) is 3. The predicted octanol–water partition coefficient (Wildman–Crippen LogP) is 2.94. The molecule has 0 saturated carbocycles. The van der Waals surface area contributed by atoms with Gasteiger partial charge in [-0.05, 0) is 60.7 Å². The minimum atomic E-state index is -0.367. The van der Waals surface area contributed by atoms with Crippen LogP contribution in [0.5, 0.6) is 0 Å². The van der Waals surface area contributed by atoms with Crippen LogP contribution in [-0.4, -0.2) is 44.8 Å². The predicted molar refractivity (Wildman–Crippen MR) is 147 cm³/mol. The van der Waals surface area contributed by atoms with Crippen LogP contribution >= 0.6 is 0 Å². The van der Waals surface area contributed by atoms with Crippen molar-refractivity contribution in [1.29, 1.82) is 0 Å². The van der Waals surface area contributed by atoms with Gasteiger partial charge in [-0.2, -0.15) is 0 Å². The number of H-pyrrole nitrogens is 1. The number of piperidine rings is 1. The fourth-order valence-corrected chi connectivity index (χ4v) is 7.02. The zero-order valence-electron chi connectivity index (χ0n) is 21.3. The monoisotopic (exact) mass is 525 g/mol. The standard InChI is InChI=1S/C29H29N6O4/c36-27-7-3-6-24-18-12-19(16-33(24)27)28-21(14-17-13-20(35(38)39)8-9-25(17)34(28)15-18)29(37)30-11-10-26-31-22-4-1-2-5-23(22)32-26/h1-9,13,18-19,21,28,38H,10-12,14-16H2,(H,30,37)(H,31,32)/q-1. The molecule has 0 radical (unpaired) electrons. The van der Waals surface area contributed by atoms with Gasteiger partial charge in [0.15, 0.2) is 0 Å². The van der Waals surface area contributed by atoms with Crippen LogP contribution in [-0.2, 0) is 24.2 Å². The number of aromatic nitrogens is 3. The van der Waals surface area contributed by atoms with Crippen molar-refractivity contribution in [2.75, 3.05) is 23.2 Å². The highest BCUT2D eigenvalue weighted by atomic mass is 16.8. The first-order valence-electron chi connectivity index (χ1n) is 13.4. The summed E-state index contributed by atoms with van der Waals surface area (Å²) in [6.07, 6.45) is 1.95. The fourth-order valence-electron chi connectivity index (χ4n) is 7.02. The van der Waals surface area contributed by atoms with E-state index in [0.717, 1.165) is 40.2 Å². The van der Waals surface area contributed by atoms with Crippen molar-refractivity contribution in [2.24, 2.45) is 11.8 Å². The number of carbonyl (C=O) groups is 1. The molecule has 1 saturated heterocycles. The van der Waals surface area contributed by atoms with E-state index in [9.17, 15) is 20.0 Å². The van der Waals surface area contributed by atoms with Crippen molar-refractivity contribution in [2.45, 2.75) is 37.8 Å². The lowest BCUT2D eigenvalue weighted by Gasteiger charge is -2.54. The van der Waals surface area contributed by atoms with Crippen LogP contribution in [0.4, 0.5) is 11.4 Å². The van der Waals surface area contributed by atoms with E-state index in [2.05, 4.69) is 20.2 Å². The lowest BCUT2D eigenvalue weighted by atomic mass is 9.70. The molecule has 5 heterocycles. The summed E-state index contributed by atoms with van der Waals surface area (Å²) in [6.45, 7) is 1.70. The third-order valence-corrected chi connectivity index (χ3v) is 8.65. The zero-order valence-corrected chi connectivity index (χ0v) is 21.3. The van der Waals surface area contributed by atoms with Crippen LogP contribution in [0.3, 0.4) is 0 Å². The number of pyridine rings is 1. The number of nitrogens with zero attached hydrogens (tertiary/aromatic N) is 4. The Bertz CT molecular complexity index is 1590. The number of rotatable bonds is 5. The lowest BCUT2D eigenvalue weighted by Crippen LogP contribution is -2.61. The molecule has 2 aromatic heterocycles. The largest absolute Gasteiger partial charge is 0.733 e. The molecule has 4 aromatic rings. The lowest BCUT2D eigenvalue weighted by molar-refractivity contribution is -0.126. The molecule has 1 fully saturated rings. The number of fused-ring (bicyclic) bond motifs is 9. The molecule has 2 bridgehead atoms. The van der Waals surface area contributed by atoms with Crippen molar-refractivity contribution in [3.63, 3.8) is 0 Å². The van der Waals surface area contributed by atoms with E-state index in [1.54, 1.807) is 18.2 Å². The average Bonchev–Trinajstić information content (AvgIpc) is 3.35. The number of nitrogens with one attached hydrogen (secondary N) is 2. The minimum absolute atomic E-state index is 0.00169. The summed E-state index contributed by atoms with van der Waals surface area (Å²) in [4.78, 5) is 36.7. The van der Waals surface area contributed by atoms with Crippen LogP contribution in [0, 0.1) is 17.0 Å². The molecule has 0 spiro atoms. The maximum atomic E-state index is 13.8. The van der Waals surface area contributed by atoms with E-state index in [0.29, 0.717) is 32.5 Å². The van der Waals surface area contributed by atoms with Gasteiger partial charge >= 0.3 is 0 Å². The molecule has 39 heavy (non-hydrogen) atoms. The zero-order chi connectivity index (χ0) is 26.7. The Kier molecular flexibility index (Phi) is 5.67. The number of aromatic amines is 1. The van der Waals surface area contributed by atoms with Crippen LogP contribution in [0.25, 0.3) is 11.0 Å². The molecule has 7 rings (SSSR count). The number of amides is 1. The summed E-state index contributed by atoms with van der Waals surface area (Å²) >= 11 is 0. The number of anilines is 2. The first-order valence-corrected chi connectivity index (χ1v) is 13.4. The fraction of sp³-hybridized carbons (Fsp3) is 0.345. The minimum Gasteiger partial charge on any atom is -0.733 e. The Morgan fingerprint density at radius 2 is 2.03 bits per heavy atom. The van der Waals surface area contributed by atoms with Crippen LogP contribution in [0.1, 0.15) is 29.4 Å². The van der Waals surface area contributed by atoms with Crippen molar-refractivity contribution >= 4 is 28.3 Å². The maximum Gasteiger partial charge on any atom is 0.250 e. The molecule has 4 unspecified atom stereocenters. The molecule has 3 aliphatic rings. The molecule has 2 aromatic carbocycles. The van der Waals surface area contributed by atoms with Crippen molar-refractivity contribution in [3.05, 3.63) is 93.3 Å². The highest BCUT2D eigenvalue weighted by Crippen LogP contribution is 2.47. The quantitative estimate of drug-likeness (QED) is 0.342. The Hall–Kier alpha value is -4.15. The smallest absolute Gasteiger partial charge is 0.250 e. The van der Waals surface area contributed by atoms with Gasteiger partial charge in [0.25, 0.3) is 5.56 Å². The average molecular weight is 526 g/mol. The van der Waals surface area contributed by atoms with Crippen molar-refractivity contribution in [3.8, 4) is 0 Å². The summed E-state index contributed by atoms with van der Waals surface area (Å²) < 4.78 is 1.88. The maximum absolute atomic E-state index is 13.8. The molecule has 4 atom stereocenters. The molecule has 3 N–H and O–H groups in total. The molecule has 10 nitrogen and oxygen atoms in total. The van der Waals surface area contributed by atoms with Gasteiger partial charge in [-0.25, -0.2) is 4.98 Å². The molecule has 10 heteroatoms. The second kappa shape index (κ2) is 9.25. The normalized spacial score (nSPS) is 23.1. The molecule has 3 aliphatic heterocycles. The van der Waals surface area contributed by atoms with Gasteiger partial charge in [-0.3, -0.25) is 14.8 Å². The van der Waals surface area contributed by atoms with E-state index in [1.165, 1.54) is 0 Å². The van der Waals surface area contributed by atoms with Crippen molar-refractivity contribution in [1.82, 2.24) is 19.9 Å². The Balaban J connectivity index is 1.18. The van der Waals surface area contributed by atoms with E-state index in [1.807, 2.05) is 47.0 Å². The van der Waals surface area contributed by atoms with Gasteiger partial charge in [0.05, 0.1) is 22.6 Å². The second-order valence-electron chi connectivity index (χ2n) is 10.9. The first-order chi connectivity index (χ1) is 19.0. The Morgan fingerprint density at radius 3 is 2.87 bits per heavy atom. The van der Waals surface area contributed by atoms with Gasteiger partial charge in [0.2, 0.25) is 5.91 Å². The van der Waals surface area contributed by atoms with Gasteiger partial charge in [-0.1, -0.05) is 18.2 Å². The Morgan fingerprint density at radius 1 is 1.15 bits per heavy atom. The van der Waals surface area contributed by atoms with E-state index >= 15 is 0 Å². The summed E-state index contributed by atoms with van der Waals surface area (Å²) in [5, 5.41) is 24.2. The number of hydrogen-bond acceptors (Lipinski definition) is 7. The Labute approximate surface area is 224 Å². The van der Waals surface area contributed by atoms with Crippen LogP contribution in [0.2, 0.25) is 0 Å². The molecular weight excluding hydrogens is 496 g/mol. The van der Waals surface area contributed by atoms with E-state index in [4.69, 9.17) is 0 Å². The third-order valence-electron chi connectivity index (χ3n) is 8.65. The molecule has 0 aliphatic carbocycles.